The van der Waals surface area contributed by atoms with Gasteiger partial charge in [0.05, 0.1) is 50.1 Å². The summed E-state index contributed by atoms with van der Waals surface area (Å²) in [6.45, 7) is 9.34. The van der Waals surface area contributed by atoms with Gasteiger partial charge in [-0.15, -0.1) is 0 Å². The lowest BCUT2D eigenvalue weighted by molar-refractivity contribution is -0.144. The lowest BCUT2D eigenvalue weighted by atomic mass is 10.1. The molecule has 4 amide bonds. The number of likely N-dealkylation sites (N-methyl/N-ethyl adjacent to an activating group) is 2. The molecule has 2 aliphatic rings. The first-order chi connectivity index (χ1) is 21.5. The third-order valence-corrected chi connectivity index (χ3v) is 8.87. The van der Waals surface area contributed by atoms with Crippen molar-refractivity contribution in [1.29, 1.82) is 0 Å². The molecule has 7 atom stereocenters. The summed E-state index contributed by atoms with van der Waals surface area (Å²) in [5.74, 6) is -1.06. The number of hydrogen-bond donors (Lipinski definition) is 5. The van der Waals surface area contributed by atoms with Crippen molar-refractivity contribution in [2.24, 2.45) is 0 Å². The van der Waals surface area contributed by atoms with Gasteiger partial charge in [-0.05, 0) is 79.7 Å². The SMILES string of the molecule is CNC(C)C(=O)NC(C(=O)N1CCCC1)C(C)OCCOC(C)C(NC(=O)C(C)NC)C(=O)N1CCCC1Cn1[nH]nnc1=S. The maximum atomic E-state index is 13.9. The second-order valence-corrected chi connectivity index (χ2v) is 12.1. The number of tetrazole rings is 1. The summed E-state index contributed by atoms with van der Waals surface area (Å²) in [6.07, 6.45) is 2.10. The van der Waals surface area contributed by atoms with Crippen LogP contribution in [0.3, 0.4) is 0 Å². The van der Waals surface area contributed by atoms with E-state index < -0.39 is 36.4 Å². The van der Waals surface area contributed by atoms with Crippen LogP contribution in [0.2, 0.25) is 0 Å². The number of nitrogens with zero attached hydrogens (tertiary/aromatic N) is 5. The van der Waals surface area contributed by atoms with Gasteiger partial charge in [0.25, 0.3) is 0 Å². The molecule has 3 heterocycles. The Morgan fingerprint density at radius 3 is 1.89 bits per heavy atom. The third-order valence-electron chi connectivity index (χ3n) is 8.57. The van der Waals surface area contributed by atoms with E-state index in [4.69, 9.17) is 21.7 Å². The van der Waals surface area contributed by atoms with Gasteiger partial charge in [-0.25, -0.2) is 4.68 Å². The number of ether oxygens (including phenoxy) is 2. The summed E-state index contributed by atoms with van der Waals surface area (Å²) in [7, 11) is 3.35. The first-order valence-electron chi connectivity index (χ1n) is 15.7. The Balaban J connectivity index is 1.63. The van der Waals surface area contributed by atoms with Gasteiger partial charge in [0.1, 0.15) is 12.1 Å². The molecular formula is C28H50N10O6S. The Morgan fingerprint density at radius 1 is 0.867 bits per heavy atom. The first-order valence-corrected chi connectivity index (χ1v) is 16.1. The van der Waals surface area contributed by atoms with Crippen molar-refractivity contribution in [3.63, 3.8) is 0 Å². The molecule has 2 saturated heterocycles. The van der Waals surface area contributed by atoms with Crippen LogP contribution < -0.4 is 21.3 Å². The third kappa shape index (κ3) is 10.00. The highest BCUT2D eigenvalue weighted by atomic mass is 32.1. The van der Waals surface area contributed by atoms with E-state index in [9.17, 15) is 19.2 Å². The van der Waals surface area contributed by atoms with E-state index in [-0.39, 0.29) is 42.9 Å². The normalized spacial score (nSPS) is 20.7. The van der Waals surface area contributed by atoms with Crippen molar-refractivity contribution < 1.29 is 28.7 Å². The predicted octanol–water partition coefficient (Wildman–Crippen LogP) is -1.06. The largest absolute Gasteiger partial charge is 0.373 e. The van der Waals surface area contributed by atoms with Gasteiger partial charge in [-0.2, -0.15) is 5.21 Å². The molecule has 0 radical (unpaired) electrons. The summed E-state index contributed by atoms with van der Waals surface area (Å²) < 4.78 is 13.9. The molecule has 16 nitrogen and oxygen atoms in total. The molecule has 2 aliphatic heterocycles. The second-order valence-electron chi connectivity index (χ2n) is 11.7. The molecule has 17 heteroatoms. The average molecular weight is 655 g/mol. The quantitative estimate of drug-likeness (QED) is 0.102. The van der Waals surface area contributed by atoms with Gasteiger partial charge in [-0.1, -0.05) is 10.3 Å². The van der Waals surface area contributed by atoms with Crippen molar-refractivity contribution in [1.82, 2.24) is 51.3 Å². The van der Waals surface area contributed by atoms with Crippen LogP contribution in [0.25, 0.3) is 0 Å². The minimum Gasteiger partial charge on any atom is -0.373 e. The summed E-state index contributed by atoms with van der Waals surface area (Å²) >= 11 is 5.20. The van der Waals surface area contributed by atoms with E-state index in [1.165, 1.54) is 0 Å². The molecule has 0 aromatic carbocycles. The fraction of sp³-hybridized carbons (Fsp3) is 0.821. The van der Waals surface area contributed by atoms with Crippen LogP contribution in [0.15, 0.2) is 0 Å². The molecule has 3 rings (SSSR count). The molecule has 2 fully saturated rings. The molecule has 45 heavy (non-hydrogen) atoms. The summed E-state index contributed by atoms with van der Waals surface area (Å²) in [5.41, 5.74) is 0. The van der Waals surface area contributed by atoms with E-state index in [2.05, 4.69) is 36.8 Å². The lowest BCUT2D eigenvalue weighted by Crippen LogP contribution is -2.58. The average Bonchev–Trinajstić information content (AvgIpc) is 3.82. The zero-order valence-corrected chi connectivity index (χ0v) is 28.0. The maximum absolute atomic E-state index is 13.9. The molecule has 0 spiro atoms. The summed E-state index contributed by atoms with van der Waals surface area (Å²) in [5, 5.41) is 21.8. The van der Waals surface area contributed by atoms with Crippen LogP contribution in [0, 0.1) is 4.77 Å². The molecule has 1 aromatic heterocycles. The topological polar surface area (TPSA) is 188 Å². The molecule has 7 unspecified atom stereocenters. The first kappa shape index (κ1) is 36.5. The van der Waals surface area contributed by atoms with E-state index in [1.54, 1.807) is 56.3 Å². The fourth-order valence-electron chi connectivity index (χ4n) is 5.41. The number of aromatic amines is 1. The number of H-pyrrole nitrogens is 1. The lowest BCUT2D eigenvalue weighted by Gasteiger charge is -2.33. The molecule has 0 bridgehead atoms. The summed E-state index contributed by atoms with van der Waals surface area (Å²) in [6, 6.07) is -2.97. The van der Waals surface area contributed by atoms with Gasteiger partial charge in [0.15, 0.2) is 0 Å². The molecule has 0 saturated carbocycles. The van der Waals surface area contributed by atoms with Crippen LogP contribution in [-0.2, 0) is 35.2 Å². The van der Waals surface area contributed by atoms with Gasteiger partial charge in [0, 0.05) is 19.6 Å². The van der Waals surface area contributed by atoms with E-state index >= 15 is 0 Å². The van der Waals surface area contributed by atoms with Crippen LogP contribution in [0.4, 0.5) is 0 Å². The number of carbonyl (C=O) groups excluding carboxylic acids is 4. The van der Waals surface area contributed by atoms with Crippen LogP contribution in [-0.4, -0.2) is 143 Å². The molecule has 254 valence electrons. The minimum atomic E-state index is -0.953. The van der Waals surface area contributed by atoms with Crippen molar-refractivity contribution in [2.75, 3.05) is 46.9 Å². The van der Waals surface area contributed by atoms with Crippen molar-refractivity contribution in [2.45, 2.75) is 102 Å². The van der Waals surface area contributed by atoms with Crippen molar-refractivity contribution in [3.8, 4) is 0 Å². The number of rotatable bonds is 17. The Labute approximate surface area is 269 Å². The van der Waals surface area contributed by atoms with E-state index in [0.717, 1.165) is 25.7 Å². The van der Waals surface area contributed by atoms with Gasteiger partial charge in [0.2, 0.25) is 28.4 Å². The number of carbonyl (C=O) groups is 4. The Kier molecular flexibility index (Phi) is 14.3. The molecule has 0 aliphatic carbocycles. The van der Waals surface area contributed by atoms with Crippen molar-refractivity contribution in [3.05, 3.63) is 4.77 Å². The highest BCUT2D eigenvalue weighted by Crippen LogP contribution is 2.21. The van der Waals surface area contributed by atoms with E-state index in [1.807, 2.05) is 0 Å². The van der Waals surface area contributed by atoms with Crippen LogP contribution in [0.1, 0.15) is 53.4 Å². The Morgan fingerprint density at radius 2 is 1.40 bits per heavy atom. The number of amides is 4. The Bertz CT molecular complexity index is 1190. The van der Waals surface area contributed by atoms with Crippen LogP contribution in [0.5, 0.6) is 0 Å². The number of hydrogen-bond acceptors (Lipinski definition) is 11. The van der Waals surface area contributed by atoms with Gasteiger partial charge in [-0.3, -0.25) is 19.2 Å². The maximum Gasteiger partial charge on any atom is 0.248 e. The highest BCUT2D eigenvalue weighted by molar-refractivity contribution is 7.71. The number of likely N-dealkylation sites (tertiary alicyclic amines) is 2. The second kappa shape index (κ2) is 17.6. The standard InChI is InChI=1S/C28H50N10O6S/c1-17(29-5)24(39)31-22(26(41)36-11-7-8-12-36)19(3)43-14-15-44-20(4)23(32-25(40)18(2)30-6)27(42)37-13-9-10-21(37)16-38-28(45)33-34-35-38/h17-23,29-30H,7-16H2,1-6H3,(H,31,39)(H,32,40)(H,33,35,45). The predicted molar refractivity (Wildman–Crippen MR) is 167 cm³/mol. The number of aromatic nitrogens is 4. The zero-order chi connectivity index (χ0) is 33.1. The zero-order valence-electron chi connectivity index (χ0n) is 27.2. The van der Waals surface area contributed by atoms with Crippen molar-refractivity contribution >= 4 is 35.8 Å². The fourth-order valence-corrected chi connectivity index (χ4v) is 5.57. The highest BCUT2D eigenvalue weighted by Gasteiger charge is 2.38. The van der Waals surface area contributed by atoms with Gasteiger partial charge < -0.3 is 40.5 Å². The molecular weight excluding hydrogens is 604 g/mol. The molecule has 5 N–H and O–H groups in total. The molecule has 1 aromatic rings. The minimum absolute atomic E-state index is 0.0939. The van der Waals surface area contributed by atoms with Crippen LogP contribution >= 0.6 is 12.2 Å². The Hall–Kier alpha value is -2.99. The number of nitrogens with one attached hydrogen (secondary N) is 5. The monoisotopic (exact) mass is 654 g/mol. The summed E-state index contributed by atoms with van der Waals surface area (Å²) in [4.78, 5) is 56.2. The van der Waals surface area contributed by atoms with Gasteiger partial charge >= 0.3 is 0 Å². The van der Waals surface area contributed by atoms with E-state index in [0.29, 0.717) is 31.0 Å². The smallest absolute Gasteiger partial charge is 0.248 e.